The Balaban J connectivity index is 1.83. The van der Waals surface area contributed by atoms with E-state index in [-0.39, 0.29) is 0 Å². The average molecular weight is 261 g/mol. The molecule has 2 unspecified atom stereocenters. The highest BCUT2D eigenvalue weighted by Gasteiger charge is 2.19. The first kappa shape index (κ1) is 11.8. The summed E-state index contributed by atoms with van der Waals surface area (Å²) in [6.07, 6.45) is 5.17. The number of nitrogens with zero attached hydrogens (tertiary/aromatic N) is 1. The zero-order valence-corrected chi connectivity index (χ0v) is 11.5. The fraction of sp³-hybridized carbons (Fsp3) is 0.500. The molecule has 1 aromatic heterocycles. The molecule has 3 N–H and O–H groups in total. The molecule has 96 valence electrons. The normalized spacial score (nSPS) is 24.3. The molecule has 0 saturated heterocycles. The molecule has 0 amide bonds. The number of nitrogens with one attached hydrogen (secondary N) is 1. The van der Waals surface area contributed by atoms with Crippen molar-refractivity contribution in [1.29, 1.82) is 0 Å². The Morgan fingerprint density at radius 1 is 1.39 bits per heavy atom. The Hall–Kier alpha value is -1.29. The van der Waals surface area contributed by atoms with Crippen molar-refractivity contribution in [2.45, 2.75) is 38.6 Å². The monoisotopic (exact) mass is 261 g/mol. The van der Waals surface area contributed by atoms with Crippen LogP contribution in [-0.4, -0.2) is 11.0 Å². The van der Waals surface area contributed by atoms with Crippen LogP contribution >= 0.6 is 11.3 Å². The largest absolute Gasteiger partial charge is 0.395 e. The first-order chi connectivity index (χ1) is 8.74. The van der Waals surface area contributed by atoms with Gasteiger partial charge in [-0.25, -0.2) is 4.98 Å². The van der Waals surface area contributed by atoms with Gasteiger partial charge < -0.3 is 11.1 Å². The minimum absolute atomic E-state index is 0.562. The van der Waals surface area contributed by atoms with E-state index in [1.165, 1.54) is 25.7 Å². The molecule has 3 rings (SSSR count). The van der Waals surface area contributed by atoms with Gasteiger partial charge in [-0.3, -0.25) is 0 Å². The third-order valence-corrected chi connectivity index (χ3v) is 4.63. The van der Waals surface area contributed by atoms with Crippen molar-refractivity contribution in [2.24, 2.45) is 5.92 Å². The molecule has 2 aromatic rings. The van der Waals surface area contributed by atoms with Crippen LogP contribution in [0.4, 0.5) is 11.4 Å². The average Bonchev–Trinajstić information content (AvgIpc) is 2.82. The first-order valence-corrected chi connectivity index (χ1v) is 7.50. The van der Waals surface area contributed by atoms with Crippen molar-refractivity contribution in [3.05, 3.63) is 17.6 Å². The number of hydrogen-bond donors (Lipinski definition) is 2. The van der Waals surface area contributed by atoms with Crippen molar-refractivity contribution in [2.75, 3.05) is 11.1 Å². The molecule has 0 spiro atoms. The van der Waals surface area contributed by atoms with Gasteiger partial charge in [0.2, 0.25) is 0 Å². The van der Waals surface area contributed by atoms with E-state index in [1.54, 1.807) is 11.3 Å². The molecule has 18 heavy (non-hydrogen) atoms. The number of benzene rings is 1. The summed E-state index contributed by atoms with van der Waals surface area (Å²) >= 11 is 1.64. The predicted molar refractivity (Wildman–Crippen MR) is 79.1 cm³/mol. The van der Waals surface area contributed by atoms with Crippen molar-refractivity contribution in [3.63, 3.8) is 0 Å². The summed E-state index contributed by atoms with van der Waals surface area (Å²) in [7, 11) is 0. The second-order valence-corrected chi connectivity index (χ2v) is 6.23. The third kappa shape index (κ3) is 2.17. The van der Waals surface area contributed by atoms with Gasteiger partial charge in [-0.05, 0) is 30.9 Å². The second-order valence-electron chi connectivity index (χ2n) is 5.34. The van der Waals surface area contributed by atoms with Crippen LogP contribution in [0.2, 0.25) is 0 Å². The SMILES string of the molecule is CC1CCCC(Nc2ccc3scnc3c2N)C1. The molecule has 1 aliphatic rings. The summed E-state index contributed by atoms with van der Waals surface area (Å²) < 4.78 is 1.16. The number of nitrogens with two attached hydrogens (primary N) is 1. The van der Waals surface area contributed by atoms with Crippen LogP contribution in [0, 0.1) is 5.92 Å². The summed E-state index contributed by atoms with van der Waals surface area (Å²) in [5.41, 5.74) is 10.8. The number of rotatable bonds is 2. The van der Waals surface area contributed by atoms with E-state index < -0.39 is 0 Å². The van der Waals surface area contributed by atoms with Crippen LogP contribution < -0.4 is 11.1 Å². The van der Waals surface area contributed by atoms with E-state index in [9.17, 15) is 0 Å². The molecule has 1 aliphatic carbocycles. The maximum atomic E-state index is 6.20. The fourth-order valence-corrected chi connectivity index (χ4v) is 3.56. The van der Waals surface area contributed by atoms with E-state index in [1.807, 2.05) is 5.51 Å². The summed E-state index contributed by atoms with van der Waals surface area (Å²) in [6, 6.07) is 4.76. The van der Waals surface area contributed by atoms with Crippen molar-refractivity contribution in [1.82, 2.24) is 4.98 Å². The van der Waals surface area contributed by atoms with Crippen molar-refractivity contribution >= 4 is 32.9 Å². The van der Waals surface area contributed by atoms with Crippen molar-refractivity contribution < 1.29 is 0 Å². The number of thiazole rings is 1. The standard InChI is InChI=1S/C14H19N3S/c1-9-3-2-4-10(7-9)17-11-5-6-12-14(13(11)15)16-8-18-12/h5-6,8-10,17H,2-4,7,15H2,1H3. The lowest BCUT2D eigenvalue weighted by Gasteiger charge is -2.28. The van der Waals surface area contributed by atoms with E-state index in [2.05, 4.69) is 29.4 Å². The molecule has 1 heterocycles. The number of nitrogen functional groups attached to an aromatic ring is 1. The molecule has 0 aliphatic heterocycles. The van der Waals surface area contributed by atoms with Gasteiger partial charge in [0.1, 0.15) is 5.52 Å². The summed E-state index contributed by atoms with van der Waals surface area (Å²) in [4.78, 5) is 4.34. The molecule has 4 heteroatoms. The Morgan fingerprint density at radius 2 is 2.28 bits per heavy atom. The molecule has 1 saturated carbocycles. The van der Waals surface area contributed by atoms with Crippen LogP contribution in [-0.2, 0) is 0 Å². The van der Waals surface area contributed by atoms with Gasteiger partial charge in [0, 0.05) is 6.04 Å². The van der Waals surface area contributed by atoms with E-state index >= 15 is 0 Å². The first-order valence-electron chi connectivity index (χ1n) is 6.62. The molecule has 2 atom stereocenters. The van der Waals surface area contributed by atoms with E-state index in [0.717, 1.165) is 27.5 Å². The minimum Gasteiger partial charge on any atom is -0.395 e. The molecule has 3 nitrogen and oxygen atoms in total. The smallest absolute Gasteiger partial charge is 0.106 e. The topological polar surface area (TPSA) is 50.9 Å². The minimum atomic E-state index is 0.562. The van der Waals surface area contributed by atoms with Crippen LogP contribution in [0.3, 0.4) is 0 Å². The highest BCUT2D eigenvalue weighted by molar-refractivity contribution is 7.16. The lowest BCUT2D eigenvalue weighted by atomic mass is 9.87. The molecular formula is C14H19N3S. The van der Waals surface area contributed by atoms with Crippen LogP contribution in [0.15, 0.2) is 17.6 Å². The van der Waals surface area contributed by atoms with E-state index in [4.69, 9.17) is 5.73 Å². The van der Waals surface area contributed by atoms with Crippen LogP contribution in [0.1, 0.15) is 32.6 Å². The molecule has 0 radical (unpaired) electrons. The lowest BCUT2D eigenvalue weighted by molar-refractivity contribution is 0.359. The van der Waals surface area contributed by atoms with Crippen LogP contribution in [0.5, 0.6) is 0 Å². The Labute approximate surface area is 111 Å². The van der Waals surface area contributed by atoms with Gasteiger partial charge in [0.15, 0.2) is 0 Å². The molecular weight excluding hydrogens is 242 g/mol. The van der Waals surface area contributed by atoms with Gasteiger partial charge in [-0.15, -0.1) is 11.3 Å². The zero-order valence-electron chi connectivity index (χ0n) is 10.6. The molecule has 0 bridgehead atoms. The summed E-state index contributed by atoms with van der Waals surface area (Å²) in [5.74, 6) is 0.820. The number of fused-ring (bicyclic) bond motifs is 1. The third-order valence-electron chi connectivity index (χ3n) is 3.84. The van der Waals surface area contributed by atoms with Crippen LogP contribution in [0.25, 0.3) is 10.2 Å². The summed E-state index contributed by atoms with van der Waals surface area (Å²) in [6.45, 7) is 2.33. The molecule has 1 aromatic carbocycles. The Kier molecular flexibility index (Phi) is 3.12. The maximum absolute atomic E-state index is 6.20. The lowest BCUT2D eigenvalue weighted by Crippen LogP contribution is -2.26. The second kappa shape index (κ2) is 4.76. The highest BCUT2D eigenvalue weighted by Crippen LogP contribution is 2.33. The highest BCUT2D eigenvalue weighted by atomic mass is 32.1. The zero-order chi connectivity index (χ0) is 12.5. The van der Waals surface area contributed by atoms with Gasteiger partial charge >= 0.3 is 0 Å². The molecule has 1 fully saturated rings. The Bertz CT molecular complexity index is 549. The quantitative estimate of drug-likeness (QED) is 0.807. The maximum Gasteiger partial charge on any atom is 0.106 e. The summed E-state index contributed by atoms with van der Waals surface area (Å²) in [5, 5.41) is 3.60. The van der Waals surface area contributed by atoms with Gasteiger partial charge in [-0.2, -0.15) is 0 Å². The van der Waals surface area contributed by atoms with Gasteiger partial charge in [0.25, 0.3) is 0 Å². The fourth-order valence-electron chi connectivity index (χ4n) is 2.86. The van der Waals surface area contributed by atoms with Gasteiger partial charge in [0.05, 0.1) is 21.6 Å². The number of anilines is 2. The Morgan fingerprint density at radius 3 is 3.11 bits per heavy atom. The number of hydrogen-bond acceptors (Lipinski definition) is 4. The predicted octanol–water partition coefficient (Wildman–Crippen LogP) is 3.87. The van der Waals surface area contributed by atoms with Gasteiger partial charge in [-0.1, -0.05) is 19.8 Å². The number of aromatic nitrogens is 1. The van der Waals surface area contributed by atoms with Crippen molar-refractivity contribution in [3.8, 4) is 0 Å². The van der Waals surface area contributed by atoms with E-state index in [0.29, 0.717) is 6.04 Å².